The lowest BCUT2D eigenvalue weighted by Crippen LogP contribution is -1.92. The van der Waals surface area contributed by atoms with Gasteiger partial charge in [0.1, 0.15) is 5.52 Å². The highest BCUT2D eigenvalue weighted by Gasteiger charge is 2.07. The molecule has 3 aromatic heterocycles. The Morgan fingerprint density at radius 2 is 2.00 bits per heavy atom. The van der Waals surface area contributed by atoms with Crippen molar-refractivity contribution in [1.29, 1.82) is 0 Å². The molecule has 0 fully saturated rings. The van der Waals surface area contributed by atoms with Gasteiger partial charge in [-0.3, -0.25) is 9.97 Å². The van der Waals surface area contributed by atoms with Crippen molar-refractivity contribution in [2.45, 2.75) is 6.92 Å². The monoisotopic (exact) mass is 251 g/mol. The summed E-state index contributed by atoms with van der Waals surface area (Å²) in [6.45, 7) is 2.02. The molecule has 0 atom stereocenters. The number of pyridine rings is 3. The van der Waals surface area contributed by atoms with E-state index in [1.807, 2.05) is 37.5 Å². The molecule has 0 aromatic carbocycles. The number of methoxy groups -OCH3 is 1. The number of rotatable bonds is 2. The largest absolute Gasteiger partial charge is 0.481 e. The molecule has 0 amide bonds. The highest BCUT2D eigenvalue weighted by Crippen LogP contribution is 2.27. The average molecular weight is 251 g/mol. The van der Waals surface area contributed by atoms with Crippen molar-refractivity contribution in [3.8, 4) is 17.0 Å². The first-order valence-corrected chi connectivity index (χ1v) is 6.00. The Kier molecular flexibility index (Phi) is 2.83. The Balaban J connectivity index is 2.28. The number of nitrogens with zero attached hydrogens (tertiary/aromatic N) is 3. The second-order valence-electron chi connectivity index (χ2n) is 4.33. The number of hydrogen-bond acceptors (Lipinski definition) is 4. The van der Waals surface area contributed by atoms with Crippen molar-refractivity contribution in [3.05, 3.63) is 48.4 Å². The second-order valence-corrected chi connectivity index (χ2v) is 4.33. The van der Waals surface area contributed by atoms with Gasteiger partial charge in [-0.2, -0.15) is 0 Å². The molecule has 0 spiro atoms. The van der Waals surface area contributed by atoms with Crippen LogP contribution in [0.3, 0.4) is 0 Å². The van der Waals surface area contributed by atoms with Gasteiger partial charge in [0, 0.05) is 35.8 Å². The maximum absolute atomic E-state index is 5.18. The third-order valence-corrected chi connectivity index (χ3v) is 2.95. The second kappa shape index (κ2) is 4.65. The standard InChI is InChI=1S/C15H13N3O/c1-10-7-11(9-16-8-10)12-5-6-17-13-3-4-14(19-2)18-15(12)13/h3-9H,1-2H3. The minimum atomic E-state index is 0.586. The Hall–Kier alpha value is -2.49. The van der Waals surface area contributed by atoms with Crippen molar-refractivity contribution in [2.75, 3.05) is 7.11 Å². The van der Waals surface area contributed by atoms with E-state index in [9.17, 15) is 0 Å². The summed E-state index contributed by atoms with van der Waals surface area (Å²) < 4.78 is 5.18. The first-order chi connectivity index (χ1) is 9.28. The van der Waals surface area contributed by atoms with Gasteiger partial charge in [0.2, 0.25) is 5.88 Å². The summed E-state index contributed by atoms with van der Waals surface area (Å²) in [5.74, 6) is 0.586. The van der Waals surface area contributed by atoms with Crippen molar-refractivity contribution in [3.63, 3.8) is 0 Å². The van der Waals surface area contributed by atoms with E-state index in [2.05, 4.69) is 21.0 Å². The van der Waals surface area contributed by atoms with Crippen LogP contribution in [0.25, 0.3) is 22.2 Å². The molecule has 3 aromatic rings. The summed E-state index contributed by atoms with van der Waals surface area (Å²) >= 11 is 0. The number of fused-ring (bicyclic) bond motifs is 1. The number of hydrogen-bond donors (Lipinski definition) is 0. The summed E-state index contributed by atoms with van der Waals surface area (Å²) in [6, 6.07) is 7.76. The normalized spacial score (nSPS) is 10.6. The zero-order valence-corrected chi connectivity index (χ0v) is 10.8. The molecule has 3 rings (SSSR count). The topological polar surface area (TPSA) is 47.9 Å². The van der Waals surface area contributed by atoms with Gasteiger partial charge in [0.05, 0.1) is 12.6 Å². The quantitative estimate of drug-likeness (QED) is 0.702. The number of ether oxygens (including phenoxy) is 1. The fraction of sp³-hybridized carbons (Fsp3) is 0.133. The Labute approximate surface area is 111 Å². The summed E-state index contributed by atoms with van der Waals surface area (Å²) in [6.07, 6.45) is 5.46. The van der Waals surface area contributed by atoms with Gasteiger partial charge in [-0.15, -0.1) is 0 Å². The molecule has 4 heteroatoms. The molecule has 19 heavy (non-hydrogen) atoms. The molecule has 0 bridgehead atoms. The van der Waals surface area contributed by atoms with Crippen molar-refractivity contribution < 1.29 is 4.74 Å². The fourth-order valence-corrected chi connectivity index (χ4v) is 2.06. The third-order valence-electron chi connectivity index (χ3n) is 2.95. The first kappa shape index (κ1) is 11.6. The predicted molar refractivity (Wildman–Crippen MR) is 74.1 cm³/mol. The number of aromatic nitrogens is 3. The fourth-order valence-electron chi connectivity index (χ4n) is 2.06. The molecule has 0 saturated carbocycles. The first-order valence-electron chi connectivity index (χ1n) is 6.00. The van der Waals surface area contributed by atoms with Crippen LogP contribution in [0.5, 0.6) is 5.88 Å². The summed E-state index contributed by atoms with van der Waals surface area (Å²) in [5.41, 5.74) is 4.84. The highest BCUT2D eigenvalue weighted by molar-refractivity contribution is 5.91. The molecule has 0 aliphatic carbocycles. The molecule has 0 unspecified atom stereocenters. The lowest BCUT2D eigenvalue weighted by atomic mass is 10.1. The van der Waals surface area contributed by atoms with Gasteiger partial charge in [-0.25, -0.2) is 4.98 Å². The molecular weight excluding hydrogens is 238 g/mol. The van der Waals surface area contributed by atoms with Crippen LogP contribution in [0.2, 0.25) is 0 Å². The zero-order valence-electron chi connectivity index (χ0n) is 10.8. The van der Waals surface area contributed by atoms with Gasteiger partial charge < -0.3 is 4.74 Å². The van der Waals surface area contributed by atoms with Crippen LogP contribution in [0.1, 0.15) is 5.56 Å². The van der Waals surface area contributed by atoms with Gasteiger partial charge in [0.25, 0.3) is 0 Å². The Bertz CT molecular complexity index is 740. The minimum Gasteiger partial charge on any atom is -0.481 e. The van der Waals surface area contributed by atoms with Crippen molar-refractivity contribution >= 4 is 11.0 Å². The summed E-state index contributed by atoms with van der Waals surface area (Å²) in [4.78, 5) is 13.0. The van der Waals surface area contributed by atoms with E-state index in [0.717, 1.165) is 27.7 Å². The van der Waals surface area contributed by atoms with Gasteiger partial charge in [-0.1, -0.05) is 0 Å². The van der Waals surface area contributed by atoms with E-state index < -0.39 is 0 Å². The summed E-state index contributed by atoms with van der Waals surface area (Å²) in [7, 11) is 1.61. The molecule has 0 saturated heterocycles. The van der Waals surface area contributed by atoms with E-state index in [1.165, 1.54) is 0 Å². The Morgan fingerprint density at radius 3 is 2.79 bits per heavy atom. The van der Waals surface area contributed by atoms with Crippen LogP contribution in [0, 0.1) is 6.92 Å². The highest BCUT2D eigenvalue weighted by atomic mass is 16.5. The Morgan fingerprint density at radius 1 is 1.11 bits per heavy atom. The van der Waals surface area contributed by atoms with Crippen molar-refractivity contribution in [2.24, 2.45) is 0 Å². The lowest BCUT2D eigenvalue weighted by Gasteiger charge is -2.07. The van der Waals surface area contributed by atoms with Gasteiger partial charge in [-0.05, 0) is 30.7 Å². The van der Waals surface area contributed by atoms with Crippen LogP contribution >= 0.6 is 0 Å². The number of aryl methyl sites for hydroxylation is 1. The van der Waals surface area contributed by atoms with E-state index in [-0.39, 0.29) is 0 Å². The molecule has 0 radical (unpaired) electrons. The van der Waals surface area contributed by atoms with Crippen LogP contribution in [0.15, 0.2) is 42.9 Å². The smallest absolute Gasteiger partial charge is 0.213 e. The maximum Gasteiger partial charge on any atom is 0.213 e. The van der Waals surface area contributed by atoms with Gasteiger partial charge in [0.15, 0.2) is 0 Å². The molecule has 0 aliphatic rings. The SMILES string of the molecule is COc1ccc2nccc(-c3cncc(C)c3)c2n1. The van der Waals surface area contributed by atoms with E-state index >= 15 is 0 Å². The summed E-state index contributed by atoms with van der Waals surface area (Å²) in [5, 5.41) is 0. The van der Waals surface area contributed by atoms with Crippen LogP contribution in [-0.4, -0.2) is 22.1 Å². The van der Waals surface area contributed by atoms with Gasteiger partial charge >= 0.3 is 0 Å². The minimum absolute atomic E-state index is 0.586. The molecule has 3 heterocycles. The van der Waals surface area contributed by atoms with Crippen LogP contribution < -0.4 is 4.74 Å². The average Bonchev–Trinajstić information content (AvgIpc) is 2.46. The molecule has 0 N–H and O–H groups in total. The molecule has 0 aliphatic heterocycles. The lowest BCUT2D eigenvalue weighted by molar-refractivity contribution is 0.399. The van der Waals surface area contributed by atoms with Crippen molar-refractivity contribution in [1.82, 2.24) is 15.0 Å². The molecule has 94 valence electrons. The zero-order chi connectivity index (χ0) is 13.2. The maximum atomic E-state index is 5.18. The third kappa shape index (κ3) is 2.12. The predicted octanol–water partition coefficient (Wildman–Crippen LogP) is 3.01. The van der Waals surface area contributed by atoms with E-state index in [0.29, 0.717) is 5.88 Å². The molecular formula is C15H13N3O. The van der Waals surface area contributed by atoms with E-state index in [1.54, 1.807) is 13.3 Å². The van der Waals surface area contributed by atoms with Crippen LogP contribution in [0.4, 0.5) is 0 Å². The van der Waals surface area contributed by atoms with E-state index in [4.69, 9.17) is 4.74 Å². The molecule has 4 nitrogen and oxygen atoms in total. The van der Waals surface area contributed by atoms with Crippen LogP contribution in [-0.2, 0) is 0 Å².